The molecule has 1 rings (SSSR count). The summed E-state index contributed by atoms with van der Waals surface area (Å²) in [6.45, 7) is 6.46. The number of carbonyl (C=O) groups is 1. The summed E-state index contributed by atoms with van der Waals surface area (Å²) < 4.78 is 0. The zero-order chi connectivity index (χ0) is 13.4. The number of nitrogens with one attached hydrogen (secondary N) is 1. The average Bonchev–Trinajstić information content (AvgIpc) is 2.39. The Bertz CT molecular complexity index is 356. The second kappa shape index (κ2) is 7.91. The summed E-state index contributed by atoms with van der Waals surface area (Å²) in [6.07, 6.45) is 5.04. The van der Waals surface area contributed by atoms with Gasteiger partial charge in [-0.1, -0.05) is 52.2 Å². The minimum absolute atomic E-state index is 0.138. The van der Waals surface area contributed by atoms with Gasteiger partial charge < -0.3 is 5.32 Å². The van der Waals surface area contributed by atoms with Crippen LogP contribution in [0.3, 0.4) is 0 Å². The van der Waals surface area contributed by atoms with Crippen LogP contribution >= 0.6 is 0 Å². The van der Waals surface area contributed by atoms with E-state index in [1.54, 1.807) is 0 Å². The molecule has 0 aromatic heterocycles. The van der Waals surface area contributed by atoms with Gasteiger partial charge in [0.25, 0.3) is 0 Å². The van der Waals surface area contributed by atoms with Crippen molar-refractivity contribution in [3.63, 3.8) is 0 Å². The van der Waals surface area contributed by atoms with E-state index >= 15 is 0 Å². The number of rotatable bonds is 7. The van der Waals surface area contributed by atoms with Crippen LogP contribution < -0.4 is 5.32 Å². The first-order valence-corrected chi connectivity index (χ1v) is 7.08. The molecule has 100 valence electrons. The maximum atomic E-state index is 11.9. The van der Waals surface area contributed by atoms with Gasteiger partial charge in [0.2, 0.25) is 5.91 Å². The number of hydrogen-bond donors (Lipinski definition) is 1. The zero-order valence-corrected chi connectivity index (χ0v) is 11.8. The van der Waals surface area contributed by atoms with Crippen LogP contribution in [0.5, 0.6) is 0 Å². The van der Waals surface area contributed by atoms with Crippen LogP contribution in [0, 0.1) is 5.92 Å². The van der Waals surface area contributed by atoms with E-state index in [4.69, 9.17) is 0 Å². The highest BCUT2D eigenvalue weighted by Crippen LogP contribution is 2.17. The van der Waals surface area contributed by atoms with E-state index in [9.17, 15) is 4.79 Å². The molecule has 0 heterocycles. The Hall–Kier alpha value is -1.31. The number of amides is 1. The van der Waals surface area contributed by atoms with Gasteiger partial charge in [-0.25, -0.2) is 0 Å². The van der Waals surface area contributed by atoms with Crippen molar-refractivity contribution >= 4 is 11.6 Å². The lowest BCUT2D eigenvalue weighted by molar-refractivity contribution is -0.117. The minimum Gasteiger partial charge on any atom is -0.326 e. The molecule has 0 aliphatic rings. The molecule has 0 aliphatic carbocycles. The molecule has 2 heteroatoms. The summed E-state index contributed by atoms with van der Waals surface area (Å²) in [7, 11) is 0. The van der Waals surface area contributed by atoms with Crippen molar-refractivity contribution in [2.75, 3.05) is 5.32 Å². The molecule has 1 aromatic carbocycles. The molecule has 0 saturated heterocycles. The van der Waals surface area contributed by atoms with E-state index in [1.807, 2.05) is 12.1 Å². The Kier molecular flexibility index (Phi) is 6.48. The van der Waals surface area contributed by atoms with Crippen molar-refractivity contribution in [1.82, 2.24) is 0 Å². The third-order valence-electron chi connectivity index (χ3n) is 3.39. The summed E-state index contributed by atoms with van der Waals surface area (Å²) in [4.78, 5) is 11.9. The van der Waals surface area contributed by atoms with Crippen molar-refractivity contribution < 1.29 is 4.79 Å². The largest absolute Gasteiger partial charge is 0.326 e. The van der Waals surface area contributed by atoms with Gasteiger partial charge in [-0.15, -0.1) is 0 Å². The van der Waals surface area contributed by atoms with Crippen molar-refractivity contribution in [3.8, 4) is 0 Å². The molecular formula is C16H25NO. The molecule has 0 spiro atoms. The van der Waals surface area contributed by atoms with E-state index in [0.29, 0.717) is 12.3 Å². The van der Waals surface area contributed by atoms with Crippen molar-refractivity contribution in [3.05, 3.63) is 29.8 Å². The van der Waals surface area contributed by atoms with E-state index in [1.165, 1.54) is 5.56 Å². The molecular weight excluding hydrogens is 222 g/mol. The summed E-state index contributed by atoms with van der Waals surface area (Å²) in [5.41, 5.74) is 2.20. The van der Waals surface area contributed by atoms with Gasteiger partial charge in [0.1, 0.15) is 0 Å². The number of anilines is 1. The first-order chi connectivity index (χ1) is 8.69. The summed E-state index contributed by atoms with van der Waals surface area (Å²) in [6, 6.07) is 8.10. The Labute approximate surface area is 111 Å². The number of hydrogen-bond acceptors (Lipinski definition) is 1. The zero-order valence-electron chi connectivity index (χ0n) is 11.8. The monoisotopic (exact) mass is 247 g/mol. The van der Waals surface area contributed by atoms with Crippen LogP contribution in [0.4, 0.5) is 5.69 Å². The predicted molar refractivity (Wildman–Crippen MR) is 77.8 cm³/mol. The van der Waals surface area contributed by atoms with Crippen LogP contribution in [0.25, 0.3) is 0 Å². The lowest BCUT2D eigenvalue weighted by Crippen LogP contribution is -2.16. The first-order valence-electron chi connectivity index (χ1n) is 7.08. The quantitative estimate of drug-likeness (QED) is 0.760. The standard InChI is InChI=1S/C16H25NO/c1-4-7-14(6-3)12-16(18)17-15-10-8-13(5-2)9-11-15/h8-11,14H,4-7,12H2,1-3H3,(H,17,18). The fraction of sp³-hybridized carbons (Fsp3) is 0.562. The van der Waals surface area contributed by atoms with Gasteiger partial charge in [-0.3, -0.25) is 4.79 Å². The molecule has 0 aliphatic heterocycles. The Morgan fingerprint density at radius 2 is 1.83 bits per heavy atom. The minimum atomic E-state index is 0.138. The smallest absolute Gasteiger partial charge is 0.224 e. The fourth-order valence-electron chi connectivity index (χ4n) is 2.16. The summed E-state index contributed by atoms with van der Waals surface area (Å²) in [5, 5.41) is 2.98. The van der Waals surface area contributed by atoms with Gasteiger partial charge in [0.15, 0.2) is 0 Å². The van der Waals surface area contributed by atoms with Crippen LogP contribution in [-0.4, -0.2) is 5.91 Å². The second-order valence-corrected chi connectivity index (χ2v) is 4.87. The van der Waals surface area contributed by atoms with Crippen LogP contribution in [0.2, 0.25) is 0 Å². The average molecular weight is 247 g/mol. The van der Waals surface area contributed by atoms with Gasteiger partial charge in [0.05, 0.1) is 0 Å². The third kappa shape index (κ3) is 4.91. The van der Waals surface area contributed by atoms with Crippen LogP contribution in [0.15, 0.2) is 24.3 Å². The van der Waals surface area contributed by atoms with Gasteiger partial charge >= 0.3 is 0 Å². The normalized spacial score (nSPS) is 12.2. The maximum Gasteiger partial charge on any atom is 0.224 e. The first kappa shape index (κ1) is 14.7. The van der Waals surface area contributed by atoms with Crippen LogP contribution in [0.1, 0.15) is 52.0 Å². The predicted octanol–water partition coefficient (Wildman–Crippen LogP) is 4.40. The molecule has 0 saturated carbocycles. The van der Waals surface area contributed by atoms with E-state index in [0.717, 1.165) is 31.4 Å². The Morgan fingerprint density at radius 1 is 1.17 bits per heavy atom. The summed E-state index contributed by atoms with van der Waals surface area (Å²) >= 11 is 0. The van der Waals surface area contributed by atoms with Gasteiger partial charge in [-0.05, 0) is 30.0 Å². The molecule has 1 aromatic rings. The molecule has 1 N–H and O–H groups in total. The van der Waals surface area contributed by atoms with Crippen molar-refractivity contribution in [1.29, 1.82) is 0 Å². The Morgan fingerprint density at radius 3 is 2.33 bits per heavy atom. The van der Waals surface area contributed by atoms with E-state index in [2.05, 4.69) is 38.2 Å². The molecule has 18 heavy (non-hydrogen) atoms. The molecule has 0 radical (unpaired) electrons. The highest BCUT2D eigenvalue weighted by Gasteiger charge is 2.11. The SMILES string of the molecule is CCCC(CC)CC(=O)Nc1ccc(CC)cc1. The lowest BCUT2D eigenvalue weighted by atomic mass is 9.96. The number of carbonyl (C=O) groups excluding carboxylic acids is 1. The molecule has 0 bridgehead atoms. The molecule has 0 fully saturated rings. The fourth-order valence-corrected chi connectivity index (χ4v) is 2.16. The summed E-state index contributed by atoms with van der Waals surface area (Å²) in [5.74, 6) is 0.657. The second-order valence-electron chi connectivity index (χ2n) is 4.87. The lowest BCUT2D eigenvalue weighted by Gasteiger charge is -2.13. The highest BCUT2D eigenvalue weighted by molar-refractivity contribution is 5.90. The molecule has 1 amide bonds. The van der Waals surface area contributed by atoms with Crippen LogP contribution in [-0.2, 0) is 11.2 Å². The Balaban J connectivity index is 2.47. The highest BCUT2D eigenvalue weighted by atomic mass is 16.1. The topological polar surface area (TPSA) is 29.1 Å². The van der Waals surface area contributed by atoms with E-state index < -0.39 is 0 Å². The van der Waals surface area contributed by atoms with Gasteiger partial charge in [-0.2, -0.15) is 0 Å². The maximum absolute atomic E-state index is 11.9. The molecule has 1 atom stereocenters. The van der Waals surface area contributed by atoms with Crippen molar-refractivity contribution in [2.45, 2.75) is 52.9 Å². The third-order valence-corrected chi connectivity index (χ3v) is 3.39. The van der Waals surface area contributed by atoms with Gasteiger partial charge in [0, 0.05) is 12.1 Å². The van der Waals surface area contributed by atoms with Crippen molar-refractivity contribution in [2.24, 2.45) is 5.92 Å². The number of aryl methyl sites for hydroxylation is 1. The molecule has 1 unspecified atom stereocenters. The molecule has 2 nitrogen and oxygen atoms in total. The van der Waals surface area contributed by atoms with E-state index in [-0.39, 0.29) is 5.91 Å². The number of benzene rings is 1.